The van der Waals surface area contributed by atoms with Crippen molar-refractivity contribution in [1.82, 2.24) is 0 Å². The zero-order chi connectivity index (χ0) is 15.6. The van der Waals surface area contributed by atoms with Crippen LogP contribution in [0.5, 0.6) is 0 Å². The highest BCUT2D eigenvalue weighted by Crippen LogP contribution is 2.24. The molecule has 0 amide bonds. The van der Waals surface area contributed by atoms with Crippen LogP contribution in [-0.4, -0.2) is 8.42 Å². The molecule has 0 fully saturated rings. The Morgan fingerprint density at radius 1 is 1.24 bits per heavy atom. The maximum Gasteiger partial charge on any atom is 0.263 e. The minimum absolute atomic E-state index is 0.00854. The van der Waals surface area contributed by atoms with Crippen LogP contribution in [0.1, 0.15) is 11.1 Å². The van der Waals surface area contributed by atoms with Crippen LogP contribution in [0.3, 0.4) is 0 Å². The highest BCUT2D eigenvalue weighted by Gasteiger charge is 2.19. The zero-order valence-corrected chi connectivity index (χ0v) is 13.5. The number of nitrogen functional groups attached to an aromatic ring is 1. The molecule has 0 aliphatic carbocycles. The molecule has 0 bridgehead atoms. The van der Waals surface area contributed by atoms with Crippen LogP contribution in [0, 0.1) is 18.3 Å². The number of rotatable bonds is 3. The lowest BCUT2D eigenvalue weighted by atomic mass is 10.2. The van der Waals surface area contributed by atoms with Crippen molar-refractivity contribution >= 4 is 37.3 Å². The summed E-state index contributed by atoms with van der Waals surface area (Å²) >= 11 is 3.31. The van der Waals surface area contributed by atoms with Crippen LogP contribution in [0.25, 0.3) is 0 Å². The molecule has 5 nitrogen and oxygen atoms in total. The van der Waals surface area contributed by atoms with Crippen LogP contribution < -0.4 is 10.5 Å². The van der Waals surface area contributed by atoms with Crippen LogP contribution in [-0.2, 0) is 10.0 Å². The number of aryl methyl sites for hydroxylation is 1. The molecule has 0 aromatic heterocycles. The molecule has 0 atom stereocenters. The fraction of sp³-hybridized carbons (Fsp3) is 0.0714. The van der Waals surface area contributed by atoms with E-state index in [0.29, 0.717) is 11.4 Å². The van der Waals surface area contributed by atoms with Gasteiger partial charge in [-0.05, 0) is 48.9 Å². The molecular formula is C14H12BrN3O2S. The summed E-state index contributed by atoms with van der Waals surface area (Å²) in [5.74, 6) is 0. The molecule has 0 aliphatic heterocycles. The minimum Gasteiger partial charge on any atom is -0.399 e. The smallest absolute Gasteiger partial charge is 0.263 e. The third-order valence-electron chi connectivity index (χ3n) is 2.71. The van der Waals surface area contributed by atoms with Crippen molar-refractivity contribution in [3.8, 4) is 6.07 Å². The molecule has 0 radical (unpaired) electrons. The van der Waals surface area contributed by atoms with E-state index in [4.69, 9.17) is 11.0 Å². The SMILES string of the molecule is Cc1cc(Br)cc(NS(=O)(=O)c2ccc(N)cc2C#N)c1. The number of nitrogens with two attached hydrogens (primary N) is 1. The van der Waals surface area contributed by atoms with E-state index in [2.05, 4.69) is 20.7 Å². The molecule has 0 spiro atoms. The van der Waals surface area contributed by atoms with E-state index in [1.54, 1.807) is 12.1 Å². The average molecular weight is 366 g/mol. The predicted molar refractivity (Wildman–Crippen MR) is 85.3 cm³/mol. The summed E-state index contributed by atoms with van der Waals surface area (Å²) in [6.45, 7) is 1.85. The quantitative estimate of drug-likeness (QED) is 0.817. The number of benzene rings is 2. The lowest BCUT2D eigenvalue weighted by Gasteiger charge is -2.11. The Morgan fingerprint density at radius 2 is 1.95 bits per heavy atom. The maximum absolute atomic E-state index is 12.4. The molecule has 0 saturated heterocycles. The molecule has 7 heteroatoms. The lowest BCUT2D eigenvalue weighted by Crippen LogP contribution is -2.14. The number of nitrogens with zero attached hydrogens (tertiary/aromatic N) is 1. The molecule has 21 heavy (non-hydrogen) atoms. The first-order valence-electron chi connectivity index (χ1n) is 5.91. The van der Waals surface area contributed by atoms with E-state index in [9.17, 15) is 8.42 Å². The number of halogens is 1. The van der Waals surface area contributed by atoms with Crippen LogP contribution in [0.2, 0.25) is 0 Å². The second-order valence-corrected chi connectivity index (χ2v) is 7.06. The Morgan fingerprint density at radius 3 is 2.57 bits per heavy atom. The van der Waals surface area contributed by atoms with Crippen molar-refractivity contribution in [3.63, 3.8) is 0 Å². The van der Waals surface area contributed by atoms with Gasteiger partial charge in [-0.1, -0.05) is 15.9 Å². The van der Waals surface area contributed by atoms with E-state index in [-0.39, 0.29) is 10.5 Å². The summed E-state index contributed by atoms with van der Waals surface area (Å²) in [4.78, 5) is -0.100. The van der Waals surface area contributed by atoms with E-state index in [1.165, 1.54) is 18.2 Å². The van der Waals surface area contributed by atoms with Crippen molar-refractivity contribution in [1.29, 1.82) is 5.26 Å². The number of anilines is 2. The Bertz CT molecular complexity index is 822. The van der Waals surface area contributed by atoms with Gasteiger partial charge in [-0.2, -0.15) is 5.26 Å². The van der Waals surface area contributed by atoms with Gasteiger partial charge >= 0.3 is 0 Å². The normalized spacial score (nSPS) is 10.9. The van der Waals surface area contributed by atoms with E-state index >= 15 is 0 Å². The molecule has 0 unspecified atom stereocenters. The van der Waals surface area contributed by atoms with Gasteiger partial charge in [0, 0.05) is 10.2 Å². The maximum atomic E-state index is 12.4. The number of hydrogen-bond donors (Lipinski definition) is 2. The molecule has 108 valence electrons. The first-order chi connectivity index (χ1) is 9.81. The molecule has 3 N–H and O–H groups in total. The van der Waals surface area contributed by atoms with Crippen molar-refractivity contribution < 1.29 is 8.42 Å². The number of nitriles is 1. The van der Waals surface area contributed by atoms with Gasteiger partial charge in [0.2, 0.25) is 0 Å². The molecular weight excluding hydrogens is 354 g/mol. The average Bonchev–Trinajstić information content (AvgIpc) is 2.36. The van der Waals surface area contributed by atoms with E-state index in [1.807, 2.05) is 19.1 Å². The summed E-state index contributed by atoms with van der Waals surface area (Å²) in [5.41, 5.74) is 7.23. The van der Waals surface area contributed by atoms with E-state index < -0.39 is 10.0 Å². The summed E-state index contributed by atoms with van der Waals surface area (Å²) in [6.07, 6.45) is 0. The lowest BCUT2D eigenvalue weighted by molar-refractivity contribution is 0.601. The van der Waals surface area contributed by atoms with Gasteiger partial charge < -0.3 is 5.73 Å². The van der Waals surface area contributed by atoms with E-state index in [0.717, 1.165) is 10.0 Å². The van der Waals surface area contributed by atoms with Gasteiger partial charge in [-0.15, -0.1) is 0 Å². The van der Waals surface area contributed by atoms with Crippen molar-refractivity contribution in [2.75, 3.05) is 10.5 Å². The molecule has 0 aliphatic rings. The molecule has 0 heterocycles. The first-order valence-corrected chi connectivity index (χ1v) is 8.19. The van der Waals surface area contributed by atoms with Gasteiger partial charge in [0.25, 0.3) is 10.0 Å². The summed E-state index contributed by atoms with van der Waals surface area (Å²) in [5, 5.41) is 9.06. The minimum atomic E-state index is -3.86. The topological polar surface area (TPSA) is 96.0 Å². The second kappa shape index (κ2) is 5.76. The fourth-order valence-electron chi connectivity index (χ4n) is 1.87. The predicted octanol–water partition coefficient (Wildman–Crippen LogP) is 3.01. The Labute approximate surface area is 131 Å². The molecule has 2 aromatic rings. The van der Waals surface area contributed by atoms with Crippen molar-refractivity contribution in [3.05, 3.63) is 52.0 Å². The molecule has 0 saturated carbocycles. The molecule has 2 rings (SSSR count). The first kappa shape index (κ1) is 15.4. The number of sulfonamides is 1. The van der Waals surface area contributed by atoms with Crippen molar-refractivity contribution in [2.45, 2.75) is 11.8 Å². The van der Waals surface area contributed by atoms with Gasteiger partial charge in [0.1, 0.15) is 11.0 Å². The summed E-state index contributed by atoms with van der Waals surface area (Å²) in [6, 6.07) is 11.2. The standard InChI is InChI=1S/C14H12BrN3O2S/c1-9-4-11(15)7-13(5-9)18-21(19,20)14-3-2-12(17)6-10(14)8-16/h2-7,18H,17H2,1H3. The second-order valence-electron chi connectivity index (χ2n) is 4.49. The van der Waals surface area contributed by atoms with Crippen LogP contribution >= 0.6 is 15.9 Å². The highest BCUT2D eigenvalue weighted by atomic mass is 79.9. The van der Waals surface area contributed by atoms with Crippen molar-refractivity contribution in [2.24, 2.45) is 0 Å². The third kappa shape index (κ3) is 3.54. The summed E-state index contributed by atoms with van der Waals surface area (Å²) in [7, 11) is -3.86. The van der Waals surface area contributed by atoms with Gasteiger partial charge in [-0.3, -0.25) is 4.72 Å². The Kier molecular flexibility index (Phi) is 4.21. The van der Waals surface area contributed by atoms with Gasteiger partial charge in [0.15, 0.2) is 0 Å². The zero-order valence-electron chi connectivity index (χ0n) is 11.1. The largest absolute Gasteiger partial charge is 0.399 e. The Hall–Kier alpha value is -2.04. The molecule has 2 aromatic carbocycles. The van der Waals surface area contributed by atoms with Gasteiger partial charge in [0.05, 0.1) is 11.3 Å². The van der Waals surface area contributed by atoms with Crippen LogP contribution in [0.15, 0.2) is 45.8 Å². The monoisotopic (exact) mass is 365 g/mol. The third-order valence-corrected chi connectivity index (χ3v) is 4.61. The Balaban J connectivity index is 2.46. The number of nitrogens with one attached hydrogen (secondary N) is 1. The highest BCUT2D eigenvalue weighted by molar-refractivity contribution is 9.10. The summed E-state index contributed by atoms with van der Waals surface area (Å²) < 4.78 is 28.0. The van der Waals surface area contributed by atoms with Crippen LogP contribution in [0.4, 0.5) is 11.4 Å². The van der Waals surface area contributed by atoms with Gasteiger partial charge in [-0.25, -0.2) is 8.42 Å². The fourth-order valence-corrected chi connectivity index (χ4v) is 3.66. The number of hydrogen-bond acceptors (Lipinski definition) is 4.